The van der Waals surface area contributed by atoms with Crippen molar-refractivity contribution in [2.24, 2.45) is 0 Å². The van der Waals surface area contributed by atoms with Gasteiger partial charge in [0.05, 0.1) is 21.8 Å². The van der Waals surface area contributed by atoms with E-state index in [-0.39, 0.29) is 24.6 Å². The standard InChI is InChI=1S/C27H30Cl2N4O3S/c1-16(2)17-10-12-18(13-11-17)36-14-24-30-23(15-37-24)26(34)31-21-8-3-4-9-22(21)32-27(35)33-25-19(28)6-5-7-20(25)29/h5-7,10-13,15-16,21-22H,3-4,8-9,14H2,1-2H3,(H,31,34)(H2,32,33,35)/t21-,22-/m0/s1. The lowest BCUT2D eigenvalue weighted by molar-refractivity contribution is 0.0911. The molecule has 0 radical (unpaired) electrons. The van der Waals surface area contributed by atoms with Gasteiger partial charge in [-0.05, 0) is 48.6 Å². The van der Waals surface area contributed by atoms with Crippen molar-refractivity contribution in [3.05, 3.63) is 74.2 Å². The summed E-state index contributed by atoms with van der Waals surface area (Å²) >= 11 is 13.7. The first kappa shape index (κ1) is 27.2. The number of carbonyl (C=O) groups excluding carboxylic acids is 2. The topological polar surface area (TPSA) is 92.3 Å². The Balaban J connectivity index is 1.31. The summed E-state index contributed by atoms with van der Waals surface area (Å²) in [6, 6.07) is 12.2. The van der Waals surface area contributed by atoms with Gasteiger partial charge in [0.25, 0.3) is 5.91 Å². The van der Waals surface area contributed by atoms with Gasteiger partial charge in [-0.15, -0.1) is 11.3 Å². The summed E-state index contributed by atoms with van der Waals surface area (Å²) in [6.45, 7) is 4.58. The van der Waals surface area contributed by atoms with Crippen molar-refractivity contribution in [1.82, 2.24) is 15.6 Å². The Bertz CT molecular complexity index is 1210. The predicted octanol–water partition coefficient (Wildman–Crippen LogP) is 7.02. The molecule has 3 amide bonds. The van der Waals surface area contributed by atoms with Gasteiger partial charge < -0.3 is 20.7 Å². The number of nitrogens with zero attached hydrogens (tertiary/aromatic N) is 1. The molecule has 1 aliphatic carbocycles. The van der Waals surface area contributed by atoms with Crippen LogP contribution in [0.4, 0.5) is 10.5 Å². The summed E-state index contributed by atoms with van der Waals surface area (Å²) < 4.78 is 5.84. The van der Waals surface area contributed by atoms with Gasteiger partial charge in [0.2, 0.25) is 0 Å². The van der Waals surface area contributed by atoms with Gasteiger partial charge in [-0.3, -0.25) is 4.79 Å². The van der Waals surface area contributed by atoms with Crippen molar-refractivity contribution in [3.63, 3.8) is 0 Å². The Labute approximate surface area is 230 Å². The molecule has 1 heterocycles. The number of ether oxygens (including phenoxy) is 1. The molecule has 196 valence electrons. The van der Waals surface area contributed by atoms with E-state index in [0.29, 0.717) is 32.4 Å². The number of rotatable bonds is 8. The molecule has 0 spiro atoms. The molecule has 1 aliphatic rings. The zero-order chi connectivity index (χ0) is 26.4. The highest BCUT2D eigenvalue weighted by atomic mass is 35.5. The number of amides is 3. The average Bonchev–Trinajstić information content (AvgIpc) is 3.36. The van der Waals surface area contributed by atoms with Crippen molar-refractivity contribution in [3.8, 4) is 5.75 Å². The molecule has 37 heavy (non-hydrogen) atoms. The normalized spacial score (nSPS) is 17.3. The summed E-state index contributed by atoms with van der Waals surface area (Å²) in [5.74, 6) is 0.957. The van der Waals surface area contributed by atoms with Crippen LogP contribution in [0.2, 0.25) is 10.0 Å². The van der Waals surface area contributed by atoms with Crippen molar-refractivity contribution < 1.29 is 14.3 Å². The van der Waals surface area contributed by atoms with E-state index in [0.717, 1.165) is 31.4 Å². The van der Waals surface area contributed by atoms with E-state index in [9.17, 15) is 9.59 Å². The molecule has 0 saturated heterocycles. The minimum Gasteiger partial charge on any atom is -0.486 e. The number of nitrogens with one attached hydrogen (secondary N) is 3. The van der Waals surface area contributed by atoms with Crippen LogP contribution < -0.4 is 20.7 Å². The van der Waals surface area contributed by atoms with E-state index in [1.165, 1.54) is 16.9 Å². The molecule has 2 aromatic carbocycles. The Kier molecular flexibility index (Phi) is 9.29. The van der Waals surface area contributed by atoms with Crippen molar-refractivity contribution in [2.75, 3.05) is 5.32 Å². The minimum atomic E-state index is -0.421. The van der Waals surface area contributed by atoms with Crippen LogP contribution in [0.1, 0.15) is 66.5 Å². The minimum absolute atomic E-state index is 0.213. The summed E-state index contributed by atoms with van der Waals surface area (Å²) in [5, 5.41) is 11.9. The average molecular weight is 562 g/mol. The number of halogens is 2. The molecule has 1 aromatic heterocycles. The number of carbonyl (C=O) groups is 2. The van der Waals surface area contributed by atoms with Crippen LogP contribution in [-0.4, -0.2) is 29.0 Å². The van der Waals surface area contributed by atoms with Gasteiger partial charge in [-0.2, -0.15) is 0 Å². The fraction of sp³-hybridized carbons (Fsp3) is 0.370. The highest BCUT2D eigenvalue weighted by molar-refractivity contribution is 7.09. The molecule has 2 atom stereocenters. The Morgan fingerprint density at radius 3 is 2.32 bits per heavy atom. The lowest BCUT2D eigenvalue weighted by atomic mass is 9.90. The van der Waals surface area contributed by atoms with Crippen LogP contribution in [0.3, 0.4) is 0 Å². The zero-order valence-electron chi connectivity index (χ0n) is 20.7. The van der Waals surface area contributed by atoms with E-state index in [2.05, 4.69) is 46.9 Å². The molecule has 10 heteroatoms. The van der Waals surface area contributed by atoms with Gasteiger partial charge in [0, 0.05) is 11.4 Å². The van der Waals surface area contributed by atoms with E-state index >= 15 is 0 Å². The third kappa shape index (κ3) is 7.37. The van der Waals surface area contributed by atoms with Crippen molar-refractivity contribution >= 4 is 52.2 Å². The maximum absolute atomic E-state index is 12.9. The number of hydrogen-bond donors (Lipinski definition) is 3. The molecule has 3 aromatic rings. The van der Waals surface area contributed by atoms with Crippen LogP contribution in [-0.2, 0) is 6.61 Å². The van der Waals surface area contributed by atoms with E-state index < -0.39 is 6.03 Å². The van der Waals surface area contributed by atoms with Crippen LogP contribution in [0.15, 0.2) is 47.8 Å². The summed E-state index contributed by atoms with van der Waals surface area (Å²) in [5.41, 5.74) is 1.95. The van der Waals surface area contributed by atoms with Crippen molar-refractivity contribution in [2.45, 2.75) is 64.1 Å². The fourth-order valence-corrected chi connectivity index (χ4v) is 5.41. The Morgan fingerprint density at radius 2 is 1.68 bits per heavy atom. The molecule has 0 unspecified atom stereocenters. The molecule has 0 bridgehead atoms. The van der Waals surface area contributed by atoms with Crippen LogP contribution >= 0.6 is 34.5 Å². The van der Waals surface area contributed by atoms with Crippen LogP contribution in [0, 0.1) is 0 Å². The van der Waals surface area contributed by atoms with Gasteiger partial charge in [0.1, 0.15) is 23.1 Å². The van der Waals surface area contributed by atoms with Gasteiger partial charge >= 0.3 is 6.03 Å². The van der Waals surface area contributed by atoms with E-state index in [1.807, 2.05) is 12.1 Å². The highest BCUT2D eigenvalue weighted by Gasteiger charge is 2.29. The van der Waals surface area contributed by atoms with Gasteiger partial charge in [0.15, 0.2) is 0 Å². The molecule has 4 rings (SSSR count). The fourth-order valence-electron chi connectivity index (χ4n) is 4.23. The van der Waals surface area contributed by atoms with Crippen LogP contribution in [0.5, 0.6) is 5.75 Å². The molecule has 3 N–H and O–H groups in total. The predicted molar refractivity (Wildman–Crippen MR) is 149 cm³/mol. The Morgan fingerprint density at radius 1 is 1.03 bits per heavy atom. The van der Waals surface area contributed by atoms with E-state index in [4.69, 9.17) is 27.9 Å². The van der Waals surface area contributed by atoms with Crippen molar-refractivity contribution in [1.29, 1.82) is 0 Å². The first-order valence-corrected chi connectivity index (χ1v) is 13.9. The Hall–Kier alpha value is -2.81. The number of hydrogen-bond acceptors (Lipinski definition) is 5. The molecular weight excluding hydrogens is 531 g/mol. The molecule has 0 aliphatic heterocycles. The van der Waals surface area contributed by atoms with Gasteiger partial charge in [-0.25, -0.2) is 9.78 Å². The highest BCUT2D eigenvalue weighted by Crippen LogP contribution is 2.30. The quantitative estimate of drug-likeness (QED) is 0.276. The number of para-hydroxylation sites is 1. The number of benzene rings is 2. The molecule has 7 nitrogen and oxygen atoms in total. The smallest absolute Gasteiger partial charge is 0.319 e. The van der Waals surface area contributed by atoms with E-state index in [1.54, 1.807) is 23.6 Å². The number of thiazole rings is 1. The largest absolute Gasteiger partial charge is 0.486 e. The summed E-state index contributed by atoms with van der Waals surface area (Å²) in [4.78, 5) is 30.0. The third-order valence-corrected chi connectivity index (χ3v) is 7.75. The summed E-state index contributed by atoms with van der Waals surface area (Å²) in [7, 11) is 0. The monoisotopic (exact) mass is 560 g/mol. The lowest BCUT2D eigenvalue weighted by Crippen LogP contribution is -2.54. The molecular formula is C27H30Cl2N4O3S. The summed E-state index contributed by atoms with van der Waals surface area (Å²) in [6.07, 6.45) is 3.43. The first-order valence-electron chi connectivity index (χ1n) is 12.3. The zero-order valence-corrected chi connectivity index (χ0v) is 23.1. The number of urea groups is 1. The SMILES string of the molecule is CC(C)c1ccc(OCc2nc(C(=O)N[C@H]3CCCC[C@@H]3NC(=O)Nc3c(Cl)cccc3Cl)cs2)cc1. The second-order valence-electron chi connectivity index (χ2n) is 9.30. The number of aromatic nitrogens is 1. The third-order valence-electron chi connectivity index (χ3n) is 6.29. The second kappa shape index (κ2) is 12.6. The lowest BCUT2D eigenvalue weighted by Gasteiger charge is -2.32. The maximum Gasteiger partial charge on any atom is 0.319 e. The maximum atomic E-state index is 12.9. The van der Waals surface area contributed by atoms with Crippen LogP contribution in [0.25, 0.3) is 0 Å². The van der Waals surface area contributed by atoms with Gasteiger partial charge in [-0.1, -0.05) is 68.1 Å². The first-order chi connectivity index (χ1) is 17.8. The number of anilines is 1. The molecule has 1 saturated carbocycles. The second-order valence-corrected chi connectivity index (χ2v) is 11.1. The molecule has 1 fully saturated rings.